The van der Waals surface area contributed by atoms with E-state index in [2.05, 4.69) is 27.4 Å². The van der Waals surface area contributed by atoms with Crippen molar-refractivity contribution in [2.24, 2.45) is 5.10 Å². The van der Waals surface area contributed by atoms with E-state index in [0.717, 1.165) is 22.3 Å². The Bertz CT molecular complexity index is 751. The van der Waals surface area contributed by atoms with Crippen molar-refractivity contribution in [2.75, 3.05) is 0 Å². The molecule has 1 aromatic carbocycles. The summed E-state index contributed by atoms with van der Waals surface area (Å²) >= 11 is 0. The van der Waals surface area contributed by atoms with Gasteiger partial charge in [0, 0.05) is 12.4 Å². The fraction of sp³-hybridized carbons (Fsp3) is 0.211. The standard InChI is InChI=1S/C19H22N4O/c1-14(2)16-6-5-7-17(12-16)19(3,4)22-18(24)23-21-13-15-8-10-20-11-9-15/h5-13H,1H2,2-4H3,(H2,22,23,24). The molecular formula is C19H22N4O. The number of hydrogen-bond acceptors (Lipinski definition) is 3. The minimum absolute atomic E-state index is 0.369. The molecule has 5 nitrogen and oxygen atoms in total. The number of carbonyl (C=O) groups is 1. The van der Waals surface area contributed by atoms with Gasteiger partial charge in [-0.3, -0.25) is 4.98 Å². The number of nitrogens with one attached hydrogen (secondary N) is 2. The average Bonchev–Trinajstić information content (AvgIpc) is 2.55. The predicted octanol–water partition coefficient (Wildman–Crippen LogP) is 3.68. The summed E-state index contributed by atoms with van der Waals surface area (Å²) < 4.78 is 0. The van der Waals surface area contributed by atoms with Crippen molar-refractivity contribution >= 4 is 17.8 Å². The fourth-order valence-corrected chi connectivity index (χ4v) is 2.17. The number of benzene rings is 1. The molecule has 5 heteroatoms. The van der Waals surface area contributed by atoms with Crippen molar-refractivity contribution in [1.82, 2.24) is 15.7 Å². The summed E-state index contributed by atoms with van der Waals surface area (Å²) in [4.78, 5) is 16.0. The number of allylic oxidation sites excluding steroid dienone is 1. The van der Waals surface area contributed by atoms with Gasteiger partial charge in [0.15, 0.2) is 0 Å². The van der Waals surface area contributed by atoms with E-state index in [-0.39, 0.29) is 6.03 Å². The van der Waals surface area contributed by atoms with Gasteiger partial charge in [-0.2, -0.15) is 5.10 Å². The summed E-state index contributed by atoms with van der Waals surface area (Å²) in [5.41, 5.74) is 5.83. The maximum absolute atomic E-state index is 12.1. The van der Waals surface area contributed by atoms with Crippen LogP contribution in [0.15, 0.2) is 60.5 Å². The van der Waals surface area contributed by atoms with Crippen LogP contribution >= 0.6 is 0 Å². The highest BCUT2D eigenvalue weighted by molar-refractivity contribution is 5.81. The molecule has 0 aliphatic rings. The second kappa shape index (κ2) is 7.55. The summed E-state index contributed by atoms with van der Waals surface area (Å²) in [6, 6.07) is 11.2. The van der Waals surface area contributed by atoms with Gasteiger partial charge < -0.3 is 5.32 Å². The number of carbonyl (C=O) groups excluding carboxylic acids is 1. The van der Waals surface area contributed by atoms with Crippen LogP contribution in [0, 0.1) is 0 Å². The zero-order valence-corrected chi connectivity index (χ0v) is 14.2. The topological polar surface area (TPSA) is 66.4 Å². The lowest BCUT2D eigenvalue weighted by atomic mass is 9.92. The molecule has 24 heavy (non-hydrogen) atoms. The highest BCUT2D eigenvalue weighted by atomic mass is 16.2. The summed E-state index contributed by atoms with van der Waals surface area (Å²) in [5.74, 6) is 0. The van der Waals surface area contributed by atoms with Crippen molar-refractivity contribution in [2.45, 2.75) is 26.3 Å². The van der Waals surface area contributed by atoms with Crippen molar-refractivity contribution in [1.29, 1.82) is 0 Å². The largest absolute Gasteiger partial charge is 0.335 e. The van der Waals surface area contributed by atoms with Crippen molar-refractivity contribution in [3.8, 4) is 0 Å². The fourth-order valence-electron chi connectivity index (χ4n) is 2.17. The molecule has 1 heterocycles. The van der Waals surface area contributed by atoms with Crippen LogP contribution in [0.1, 0.15) is 37.5 Å². The molecule has 0 saturated carbocycles. The van der Waals surface area contributed by atoms with E-state index >= 15 is 0 Å². The maximum atomic E-state index is 12.1. The van der Waals surface area contributed by atoms with Crippen LogP contribution in [0.3, 0.4) is 0 Å². The highest BCUT2D eigenvalue weighted by Crippen LogP contribution is 2.23. The van der Waals surface area contributed by atoms with Crippen molar-refractivity contribution < 1.29 is 4.79 Å². The average molecular weight is 322 g/mol. The minimum Gasteiger partial charge on any atom is -0.328 e. The molecule has 0 fully saturated rings. The van der Waals surface area contributed by atoms with E-state index in [9.17, 15) is 4.79 Å². The van der Waals surface area contributed by atoms with Gasteiger partial charge in [0.05, 0.1) is 11.8 Å². The molecule has 0 atom stereocenters. The molecule has 0 saturated heterocycles. The molecule has 0 bridgehead atoms. The Kier molecular flexibility index (Phi) is 5.47. The van der Waals surface area contributed by atoms with Gasteiger partial charge in [-0.15, -0.1) is 0 Å². The number of amides is 2. The lowest BCUT2D eigenvalue weighted by Crippen LogP contribution is -2.45. The number of hydrogen-bond donors (Lipinski definition) is 2. The second-order valence-electron chi connectivity index (χ2n) is 6.09. The lowest BCUT2D eigenvalue weighted by Gasteiger charge is -2.27. The number of nitrogens with zero attached hydrogens (tertiary/aromatic N) is 2. The van der Waals surface area contributed by atoms with Gasteiger partial charge in [-0.25, -0.2) is 10.2 Å². The van der Waals surface area contributed by atoms with Gasteiger partial charge in [0.2, 0.25) is 0 Å². The first-order valence-corrected chi connectivity index (χ1v) is 7.66. The molecular weight excluding hydrogens is 300 g/mol. The van der Waals surface area contributed by atoms with Crippen molar-refractivity contribution in [3.63, 3.8) is 0 Å². The second-order valence-corrected chi connectivity index (χ2v) is 6.09. The van der Waals surface area contributed by atoms with Crippen LogP contribution in [-0.4, -0.2) is 17.2 Å². The molecule has 0 spiro atoms. The van der Waals surface area contributed by atoms with Gasteiger partial charge in [-0.1, -0.05) is 30.4 Å². The molecule has 1 aromatic heterocycles. The molecule has 2 rings (SSSR count). The predicted molar refractivity (Wildman–Crippen MR) is 97.7 cm³/mol. The Hall–Kier alpha value is -2.95. The Morgan fingerprint density at radius 2 is 1.96 bits per heavy atom. The third kappa shape index (κ3) is 4.78. The number of rotatable bonds is 5. The Labute approximate surface area is 142 Å². The quantitative estimate of drug-likeness (QED) is 0.651. The molecule has 2 amide bonds. The SMILES string of the molecule is C=C(C)c1cccc(C(C)(C)NC(=O)NN=Cc2ccncc2)c1. The van der Waals surface area contributed by atoms with Crippen LogP contribution in [0.4, 0.5) is 4.79 Å². The summed E-state index contributed by atoms with van der Waals surface area (Å²) in [6.07, 6.45) is 4.90. The lowest BCUT2D eigenvalue weighted by molar-refractivity contribution is 0.230. The number of aromatic nitrogens is 1. The molecule has 0 aliphatic heterocycles. The molecule has 0 aliphatic carbocycles. The zero-order valence-electron chi connectivity index (χ0n) is 14.2. The van der Waals surface area contributed by atoms with E-state index in [1.165, 1.54) is 0 Å². The summed E-state index contributed by atoms with van der Waals surface area (Å²) in [6.45, 7) is 9.80. The normalized spacial score (nSPS) is 11.3. The molecule has 0 radical (unpaired) electrons. The van der Waals surface area contributed by atoms with Gasteiger partial charge in [0.25, 0.3) is 0 Å². The van der Waals surface area contributed by atoms with Crippen LogP contribution < -0.4 is 10.7 Å². The van der Waals surface area contributed by atoms with Crippen LogP contribution in [0.25, 0.3) is 5.57 Å². The zero-order chi connectivity index (χ0) is 17.6. The Morgan fingerprint density at radius 3 is 2.62 bits per heavy atom. The first-order valence-electron chi connectivity index (χ1n) is 7.66. The summed E-state index contributed by atoms with van der Waals surface area (Å²) in [7, 11) is 0. The minimum atomic E-state index is -0.540. The third-order valence-electron chi connectivity index (χ3n) is 3.59. The van der Waals surface area contributed by atoms with Gasteiger partial charge in [-0.05, 0) is 55.7 Å². The van der Waals surface area contributed by atoms with Crippen molar-refractivity contribution in [3.05, 3.63) is 72.1 Å². The molecule has 0 unspecified atom stereocenters. The monoisotopic (exact) mass is 322 g/mol. The first-order chi connectivity index (χ1) is 11.4. The van der Waals surface area contributed by atoms with Crippen LogP contribution in [-0.2, 0) is 5.54 Å². The van der Waals surface area contributed by atoms with E-state index in [1.54, 1.807) is 30.7 Å². The number of pyridine rings is 1. The smallest absolute Gasteiger partial charge is 0.328 e. The third-order valence-corrected chi connectivity index (χ3v) is 3.59. The van der Waals surface area contributed by atoms with E-state index in [1.807, 2.05) is 45.0 Å². The Balaban J connectivity index is 2.00. The molecule has 2 N–H and O–H groups in total. The molecule has 124 valence electrons. The summed E-state index contributed by atoms with van der Waals surface area (Å²) in [5, 5.41) is 6.86. The van der Waals surface area contributed by atoms with E-state index in [4.69, 9.17) is 0 Å². The van der Waals surface area contributed by atoms with E-state index < -0.39 is 5.54 Å². The Morgan fingerprint density at radius 1 is 1.25 bits per heavy atom. The number of urea groups is 1. The molecule has 2 aromatic rings. The number of hydrazone groups is 1. The van der Waals surface area contributed by atoms with E-state index in [0.29, 0.717) is 0 Å². The highest BCUT2D eigenvalue weighted by Gasteiger charge is 2.23. The van der Waals surface area contributed by atoms with Gasteiger partial charge >= 0.3 is 6.03 Å². The first kappa shape index (κ1) is 17.4. The maximum Gasteiger partial charge on any atom is 0.335 e. The van der Waals surface area contributed by atoms with Gasteiger partial charge in [0.1, 0.15) is 0 Å². The van der Waals surface area contributed by atoms with Crippen LogP contribution in [0.5, 0.6) is 0 Å². The van der Waals surface area contributed by atoms with Crippen LogP contribution in [0.2, 0.25) is 0 Å².